The molecular formula is C22H26N2O2S. The van der Waals surface area contributed by atoms with Crippen LogP contribution in [-0.2, 0) is 13.0 Å². The monoisotopic (exact) mass is 382 g/mol. The van der Waals surface area contributed by atoms with E-state index in [4.69, 9.17) is 21.7 Å². The number of hydrogen-bond acceptors (Lipinski definition) is 3. The molecule has 0 amide bonds. The summed E-state index contributed by atoms with van der Waals surface area (Å²) < 4.78 is 11.0. The minimum absolute atomic E-state index is 0.304. The lowest BCUT2D eigenvalue weighted by Gasteiger charge is -2.32. The fourth-order valence-corrected chi connectivity index (χ4v) is 4.17. The summed E-state index contributed by atoms with van der Waals surface area (Å²) in [5.41, 5.74) is 3.57. The van der Waals surface area contributed by atoms with Gasteiger partial charge in [0.25, 0.3) is 0 Å². The molecule has 0 bridgehead atoms. The fourth-order valence-electron chi connectivity index (χ4n) is 3.84. The molecule has 1 fully saturated rings. The summed E-state index contributed by atoms with van der Waals surface area (Å²) in [6.45, 7) is 3.25. The average Bonchev–Trinajstić information content (AvgIpc) is 3.38. The molecule has 4 nitrogen and oxygen atoms in total. The van der Waals surface area contributed by atoms with Gasteiger partial charge in [0.15, 0.2) is 16.6 Å². The number of ether oxygens (including phenoxy) is 2. The van der Waals surface area contributed by atoms with Crippen LogP contribution in [0.1, 0.15) is 43.7 Å². The van der Waals surface area contributed by atoms with E-state index < -0.39 is 0 Å². The zero-order chi connectivity index (χ0) is 18.6. The van der Waals surface area contributed by atoms with E-state index >= 15 is 0 Å². The molecule has 1 saturated carbocycles. The van der Waals surface area contributed by atoms with Gasteiger partial charge in [-0.25, -0.2) is 0 Å². The average molecular weight is 383 g/mol. The molecule has 142 valence electrons. The molecule has 1 heterocycles. The van der Waals surface area contributed by atoms with Crippen molar-refractivity contribution >= 4 is 23.0 Å². The molecule has 0 unspecified atom stereocenters. The highest BCUT2D eigenvalue weighted by Crippen LogP contribution is 2.34. The van der Waals surface area contributed by atoms with Crippen molar-refractivity contribution in [3.05, 3.63) is 53.6 Å². The van der Waals surface area contributed by atoms with Crippen molar-refractivity contribution in [2.24, 2.45) is 0 Å². The first-order valence-electron chi connectivity index (χ1n) is 9.78. The van der Waals surface area contributed by atoms with Crippen LogP contribution in [0.25, 0.3) is 0 Å². The number of nitrogens with one attached hydrogen (secondary N) is 1. The third-order valence-electron chi connectivity index (χ3n) is 5.43. The number of fused-ring (bicyclic) bond motifs is 1. The Morgan fingerprint density at radius 2 is 1.74 bits per heavy atom. The van der Waals surface area contributed by atoms with Crippen LogP contribution in [0.15, 0.2) is 42.5 Å². The summed E-state index contributed by atoms with van der Waals surface area (Å²) in [5.74, 6) is 1.65. The van der Waals surface area contributed by atoms with E-state index in [9.17, 15) is 0 Å². The summed E-state index contributed by atoms with van der Waals surface area (Å²) in [6.07, 6.45) is 5.98. The second-order valence-electron chi connectivity index (χ2n) is 7.23. The van der Waals surface area contributed by atoms with Gasteiger partial charge in [-0.05, 0) is 66.9 Å². The fraction of sp³-hybridized carbons (Fsp3) is 0.409. The molecule has 2 aliphatic rings. The number of rotatable bonds is 5. The van der Waals surface area contributed by atoms with E-state index in [-0.39, 0.29) is 0 Å². The Bertz CT molecular complexity index is 800. The zero-order valence-electron chi connectivity index (χ0n) is 15.7. The third-order valence-corrected chi connectivity index (χ3v) is 5.77. The van der Waals surface area contributed by atoms with E-state index in [1.165, 1.54) is 36.8 Å². The summed E-state index contributed by atoms with van der Waals surface area (Å²) in [7, 11) is 0. The van der Waals surface area contributed by atoms with Crippen LogP contribution in [0.5, 0.6) is 11.5 Å². The maximum absolute atomic E-state index is 5.81. The van der Waals surface area contributed by atoms with E-state index in [0.29, 0.717) is 12.8 Å². The molecule has 0 radical (unpaired) electrons. The van der Waals surface area contributed by atoms with Gasteiger partial charge in [-0.3, -0.25) is 0 Å². The number of hydrogen-bond donors (Lipinski definition) is 1. The predicted molar refractivity (Wildman–Crippen MR) is 112 cm³/mol. The molecule has 1 aliphatic heterocycles. The van der Waals surface area contributed by atoms with Crippen LogP contribution >= 0.6 is 12.2 Å². The molecule has 1 aliphatic carbocycles. The van der Waals surface area contributed by atoms with E-state index in [1.807, 2.05) is 6.07 Å². The quantitative estimate of drug-likeness (QED) is 0.726. The first kappa shape index (κ1) is 18.1. The van der Waals surface area contributed by atoms with Gasteiger partial charge >= 0.3 is 0 Å². The molecule has 1 N–H and O–H groups in total. The van der Waals surface area contributed by atoms with Crippen molar-refractivity contribution in [2.75, 3.05) is 12.1 Å². The molecule has 0 spiro atoms. The van der Waals surface area contributed by atoms with Gasteiger partial charge in [-0.1, -0.05) is 38.0 Å². The van der Waals surface area contributed by atoms with Gasteiger partial charge in [0, 0.05) is 18.3 Å². The lowest BCUT2D eigenvalue weighted by molar-refractivity contribution is 0.174. The summed E-state index contributed by atoms with van der Waals surface area (Å²) in [6, 6.07) is 15.2. The molecule has 2 aromatic rings. The Kier molecular flexibility index (Phi) is 5.48. The van der Waals surface area contributed by atoms with E-state index in [0.717, 1.165) is 35.3 Å². The van der Waals surface area contributed by atoms with Crippen LogP contribution in [0.3, 0.4) is 0 Å². The van der Waals surface area contributed by atoms with Crippen molar-refractivity contribution in [1.82, 2.24) is 4.90 Å². The highest BCUT2D eigenvalue weighted by molar-refractivity contribution is 7.80. The minimum atomic E-state index is 0.304. The second-order valence-corrected chi connectivity index (χ2v) is 7.62. The first-order chi connectivity index (χ1) is 13.2. The summed E-state index contributed by atoms with van der Waals surface area (Å²) in [4.78, 5) is 2.34. The van der Waals surface area contributed by atoms with Gasteiger partial charge in [0.05, 0.1) is 0 Å². The van der Waals surface area contributed by atoms with E-state index in [1.54, 1.807) is 0 Å². The second kappa shape index (κ2) is 8.17. The maximum Gasteiger partial charge on any atom is 0.231 e. The van der Waals surface area contributed by atoms with Crippen molar-refractivity contribution in [2.45, 2.75) is 51.6 Å². The zero-order valence-corrected chi connectivity index (χ0v) is 16.6. The van der Waals surface area contributed by atoms with Crippen LogP contribution in [0, 0.1) is 0 Å². The van der Waals surface area contributed by atoms with Gasteiger partial charge < -0.3 is 19.7 Å². The van der Waals surface area contributed by atoms with Crippen LogP contribution in [0.4, 0.5) is 5.69 Å². The molecule has 5 heteroatoms. The molecule has 0 saturated heterocycles. The molecule has 2 aromatic carbocycles. The normalized spacial score (nSPS) is 15.7. The molecule has 27 heavy (non-hydrogen) atoms. The molecule has 4 rings (SSSR count). The summed E-state index contributed by atoms with van der Waals surface area (Å²) in [5, 5.41) is 4.24. The van der Waals surface area contributed by atoms with Crippen molar-refractivity contribution in [3.8, 4) is 11.5 Å². The topological polar surface area (TPSA) is 33.7 Å². The molecule has 0 atom stereocenters. The predicted octanol–water partition coefficient (Wildman–Crippen LogP) is 5.12. The Morgan fingerprint density at radius 3 is 2.48 bits per heavy atom. The van der Waals surface area contributed by atoms with Crippen molar-refractivity contribution in [3.63, 3.8) is 0 Å². The Balaban J connectivity index is 1.50. The standard InChI is InChI=1S/C22H26N2O2S/c1-2-16-7-10-18(11-8-16)23-22(27)24(19-5-3-4-6-19)14-17-9-12-20-21(13-17)26-15-25-20/h7-13,19H,2-6,14-15H2,1H3,(H,23,27). The lowest BCUT2D eigenvalue weighted by Crippen LogP contribution is -2.40. The maximum atomic E-state index is 5.81. The van der Waals surface area contributed by atoms with Crippen molar-refractivity contribution in [1.29, 1.82) is 0 Å². The third kappa shape index (κ3) is 4.19. The SMILES string of the molecule is CCc1ccc(NC(=S)N(Cc2ccc3c(c2)OCO3)C2CCCC2)cc1. The molecular weight excluding hydrogens is 356 g/mol. The number of thiocarbonyl (C=S) groups is 1. The summed E-state index contributed by atoms with van der Waals surface area (Å²) >= 11 is 5.81. The highest BCUT2D eigenvalue weighted by Gasteiger charge is 2.25. The van der Waals surface area contributed by atoms with Crippen molar-refractivity contribution < 1.29 is 9.47 Å². The number of aryl methyl sites for hydroxylation is 1. The van der Waals surface area contributed by atoms with Gasteiger partial charge in [-0.2, -0.15) is 0 Å². The smallest absolute Gasteiger partial charge is 0.231 e. The van der Waals surface area contributed by atoms with Gasteiger partial charge in [0.1, 0.15) is 0 Å². The van der Waals surface area contributed by atoms with Gasteiger partial charge in [0.2, 0.25) is 6.79 Å². The van der Waals surface area contributed by atoms with E-state index in [2.05, 4.69) is 53.5 Å². The number of benzene rings is 2. The highest BCUT2D eigenvalue weighted by atomic mass is 32.1. The lowest BCUT2D eigenvalue weighted by atomic mass is 10.1. The number of nitrogens with zero attached hydrogens (tertiary/aromatic N) is 1. The Morgan fingerprint density at radius 1 is 1.04 bits per heavy atom. The largest absolute Gasteiger partial charge is 0.454 e. The van der Waals surface area contributed by atoms with Crippen LogP contribution < -0.4 is 14.8 Å². The van der Waals surface area contributed by atoms with Crippen LogP contribution in [0.2, 0.25) is 0 Å². The van der Waals surface area contributed by atoms with Crippen LogP contribution in [-0.4, -0.2) is 22.8 Å². The Labute approximate surface area is 166 Å². The Hall–Kier alpha value is -2.27. The minimum Gasteiger partial charge on any atom is -0.454 e. The number of anilines is 1. The molecule has 0 aromatic heterocycles. The first-order valence-corrected chi connectivity index (χ1v) is 10.2. The van der Waals surface area contributed by atoms with Gasteiger partial charge in [-0.15, -0.1) is 0 Å².